The fraction of sp³-hybridized carbons (Fsp3) is 0.348. The maximum Gasteiger partial charge on any atom is 0.264 e. The van der Waals surface area contributed by atoms with Crippen molar-refractivity contribution in [1.29, 1.82) is 0 Å². The maximum atomic E-state index is 13.6. The zero-order valence-corrected chi connectivity index (χ0v) is 36.6. The van der Waals surface area contributed by atoms with Crippen LogP contribution >= 0.6 is 22.9 Å². The lowest BCUT2D eigenvalue weighted by Gasteiger charge is -2.30. The van der Waals surface area contributed by atoms with Crippen LogP contribution in [0.4, 0.5) is 17.1 Å². The molecule has 2 unspecified atom stereocenters. The van der Waals surface area contributed by atoms with Crippen LogP contribution < -0.4 is 31.5 Å². The van der Waals surface area contributed by atoms with E-state index in [9.17, 15) is 38.4 Å². The average molecular weight is 912 g/mol. The molecule has 8 amide bonds. The first-order valence-corrected chi connectivity index (χ1v) is 22.5. The number of thiophene rings is 1. The summed E-state index contributed by atoms with van der Waals surface area (Å²) >= 11 is 7.41. The van der Waals surface area contributed by atoms with Crippen LogP contribution in [0.5, 0.6) is 0 Å². The topological polar surface area (TPSA) is 212 Å². The highest BCUT2D eigenvalue weighted by Crippen LogP contribution is 2.33. The highest BCUT2D eigenvalue weighted by Gasteiger charge is 2.45. The minimum absolute atomic E-state index is 0.0341. The number of ether oxygens (including phenoxy) is 1. The van der Waals surface area contributed by atoms with Crippen molar-refractivity contribution in [3.8, 4) is 0 Å². The van der Waals surface area contributed by atoms with Crippen molar-refractivity contribution < 1.29 is 43.1 Å². The van der Waals surface area contributed by atoms with Gasteiger partial charge in [0.05, 0.1) is 24.3 Å². The van der Waals surface area contributed by atoms with E-state index >= 15 is 0 Å². The molecule has 4 aromatic rings. The Morgan fingerprint density at radius 3 is 2.34 bits per heavy atom. The lowest BCUT2D eigenvalue weighted by atomic mass is 10.0. The van der Waals surface area contributed by atoms with Crippen LogP contribution in [0.15, 0.2) is 90.3 Å². The Morgan fingerprint density at radius 1 is 0.812 bits per heavy atom. The summed E-state index contributed by atoms with van der Waals surface area (Å²) in [6.45, 7) is 1.51. The Hall–Kier alpha value is -6.43. The van der Waals surface area contributed by atoms with Crippen LogP contribution in [0.3, 0.4) is 0 Å². The molecule has 3 aromatic carbocycles. The summed E-state index contributed by atoms with van der Waals surface area (Å²) in [7, 11) is 0. The summed E-state index contributed by atoms with van der Waals surface area (Å²) in [6, 6.07) is 22.9. The van der Waals surface area contributed by atoms with Gasteiger partial charge in [-0.25, -0.2) is 0 Å². The van der Waals surface area contributed by atoms with Crippen LogP contribution in [-0.2, 0) is 39.9 Å². The van der Waals surface area contributed by atoms with Gasteiger partial charge in [0.1, 0.15) is 18.0 Å². The molecule has 2 aliphatic rings. The molecule has 6 rings (SSSR count). The van der Waals surface area contributed by atoms with Gasteiger partial charge in [-0.05, 0) is 79.1 Å². The number of amides is 8. The van der Waals surface area contributed by atoms with Gasteiger partial charge >= 0.3 is 0 Å². The minimum atomic E-state index is -1.05. The zero-order valence-electron chi connectivity index (χ0n) is 35.1. The number of anilines is 3. The lowest BCUT2D eigenvalue weighted by molar-refractivity contribution is -0.136. The second kappa shape index (κ2) is 23.3. The number of unbranched alkanes of at least 4 members (excludes halogenated alkanes) is 2. The number of imide groups is 2. The van der Waals surface area contributed by atoms with E-state index in [-0.39, 0.29) is 80.2 Å². The SMILES string of the molecule is O=C(CCOCCNc1cccc2c1C(=O)N(C1CCC(=O)NC1=O)C2=O)NCCCCCC(=O)Nc1ccc(N(C(=O)CCl)C(C(=O)NCCc2ccccc2)c2cccs2)cc1. The van der Waals surface area contributed by atoms with Gasteiger partial charge in [-0.15, -0.1) is 22.9 Å². The predicted octanol–water partition coefficient (Wildman–Crippen LogP) is 4.96. The van der Waals surface area contributed by atoms with Crippen molar-refractivity contribution in [2.45, 2.75) is 63.5 Å². The van der Waals surface area contributed by atoms with Gasteiger partial charge < -0.3 is 26.0 Å². The molecule has 336 valence electrons. The molecule has 1 aromatic heterocycles. The minimum Gasteiger partial charge on any atom is -0.382 e. The van der Waals surface area contributed by atoms with E-state index in [4.69, 9.17) is 16.3 Å². The van der Waals surface area contributed by atoms with Crippen molar-refractivity contribution in [3.63, 3.8) is 0 Å². The van der Waals surface area contributed by atoms with Crippen LogP contribution in [0.25, 0.3) is 0 Å². The number of benzene rings is 3. The molecule has 1 fully saturated rings. The van der Waals surface area contributed by atoms with Gasteiger partial charge in [-0.2, -0.15) is 0 Å². The third kappa shape index (κ3) is 12.4. The highest BCUT2D eigenvalue weighted by atomic mass is 35.5. The zero-order chi connectivity index (χ0) is 45.4. The van der Waals surface area contributed by atoms with Gasteiger partial charge in [0.25, 0.3) is 11.8 Å². The van der Waals surface area contributed by atoms with Crippen LogP contribution in [0, 0.1) is 0 Å². The number of fused-ring (bicyclic) bond motifs is 1. The Bertz CT molecular complexity index is 2310. The van der Waals surface area contributed by atoms with Crippen LogP contribution in [-0.4, -0.2) is 96.9 Å². The summed E-state index contributed by atoms with van der Waals surface area (Å²) in [4.78, 5) is 105. The number of hydrogen-bond donors (Lipinski definition) is 5. The van der Waals surface area contributed by atoms with Gasteiger partial charge in [0.2, 0.25) is 35.4 Å². The number of nitrogens with zero attached hydrogens (tertiary/aromatic N) is 2. The van der Waals surface area contributed by atoms with Crippen molar-refractivity contribution in [2.75, 3.05) is 54.3 Å². The Morgan fingerprint density at radius 2 is 1.61 bits per heavy atom. The van der Waals surface area contributed by atoms with Gasteiger partial charge in [0.15, 0.2) is 0 Å². The first-order chi connectivity index (χ1) is 31.0. The molecule has 18 heteroatoms. The molecule has 5 N–H and O–H groups in total. The largest absolute Gasteiger partial charge is 0.382 e. The summed E-state index contributed by atoms with van der Waals surface area (Å²) in [5, 5.41) is 15.8. The molecule has 1 saturated heterocycles. The van der Waals surface area contributed by atoms with E-state index in [1.807, 2.05) is 41.8 Å². The van der Waals surface area contributed by atoms with E-state index in [0.717, 1.165) is 10.5 Å². The van der Waals surface area contributed by atoms with Crippen molar-refractivity contribution >= 4 is 87.3 Å². The second-order valence-corrected chi connectivity index (χ2v) is 16.3. The molecule has 2 atom stereocenters. The molecular formula is C46H50ClN7O9S. The molecule has 2 aliphatic heterocycles. The first kappa shape index (κ1) is 47.1. The first-order valence-electron chi connectivity index (χ1n) is 21.1. The number of rotatable bonds is 23. The Kier molecular flexibility index (Phi) is 17.1. The van der Waals surface area contributed by atoms with Crippen LogP contribution in [0.2, 0.25) is 0 Å². The van der Waals surface area contributed by atoms with Gasteiger partial charge in [-0.3, -0.25) is 53.5 Å². The number of halogens is 1. The summed E-state index contributed by atoms with van der Waals surface area (Å²) in [6.07, 6.45) is 3.14. The fourth-order valence-electron chi connectivity index (χ4n) is 7.41. The average Bonchev–Trinajstić information content (AvgIpc) is 3.91. The molecular weight excluding hydrogens is 862 g/mol. The quantitative estimate of drug-likeness (QED) is 0.0384. The van der Waals surface area contributed by atoms with E-state index in [1.165, 1.54) is 22.3 Å². The Balaban J connectivity index is 0.856. The number of hydrogen-bond acceptors (Lipinski definition) is 11. The van der Waals surface area contributed by atoms with Crippen molar-refractivity contribution in [1.82, 2.24) is 20.9 Å². The fourth-order valence-corrected chi connectivity index (χ4v) is 8.35. The third-order valence-corrected chi connectivity index (χ3v) is 11.7. The number of alkyl halides is 1. The molecule has 64 heavy (non-hydrogen) atoms. The van der Waals surface area contributed by atoms with E-state index in [2.05, 4.69) is 26.6 Å². The molecule has 16 nitrogen and oxygen atoms in total. The molecule has 0 aliphatic carbocycles. The molecule has 3 heterocycles. The van der Waals surface area contributed by atoms with Gasteiger partial charge in [-0.1, -0.05) is 48.9 Å². The second-order valence-electron chi connectivity index (χ2n) is 15.1. The van der Waals surface area contributed by atoms with Crippen molar-refractivity contribution in [2.24, 2.45) is 0 Å². The maximum absolute atomic E-state index is 13.6. The third-order valence-electron chi connectivity index (χ3n) is 10.6. The standard InChI is InChI=1S/C46H50ClN7O9S/c47-29-40(58)53(42(36-13-8-28-64-36)44(60)50-24-21-30-9-3-1-4-10-30)32-17-15-31(16-18-32)51-38(56)14-5-2-6-23-49-37(55)22-26-63-27-25-48-34-12-7-11-33-41(34)46(62)54(45(33)61)35-19-20-39(57)52-43(35)59/h1,3-4,7-13,15-18,28,35,42,48H,2,5-6,14,19-27,29H2,(H,49,55)(H,50,60)(H,51,56)(H,52,57,59). The lowest BCUT2D eigenvalue weighted by Crippen LogP contribution is -2.54. The molecule has 0 bridgehead atoms. The highest BCUT2D eigenvalue weighted by molar-refractivity contribution is 7.10. The molecule has 0 spiro atoms. The number of carbonyl (C=O) groups is 8. The van der Waals surface area contributed by atoms with E-state index < -0.39 is 41.6 Å². The Labute approximate surface area is 379 Å². The predicted molar refractivity (Wildman–Crippen MR) is 242 cm³/mol. The van der Waals surface area contributed by atoms with Gasteiger partial charge in [0, 0.05) is 60.8 Å². The van der Waals surface area contributed by atoms with Crippen LogP contribution in [0.1, 0.15) is 82.1 Å². The van der Waals surface area contributed by atoms with E-state index in [0.29, 0.717) is 60.7 Å². The number of nitrogens with one attached hydrogen (secondary N) is 5. The summed E-state index contributed by atoms with van der Waals surface area (Å²) in [5.41, 5.74) is 2.82. The monoisotopic (exact) mass is 911 g/mol. The number of carbonyl (C=O) groups excluding carboxylic acids is 8. The normalized spacial score (nSPS) is 15.0. The number of piperidine rings is 1. The summed E-state index contributed by atoms with van der Waals surface area (Å²) < 4.78 is 5.60. The van der Waals surface area contributed by atoms with E-state index in [1.54, 1.807) is 42.5 Å². The summed E-state index contributed by atoms with van der Waals surface area (Å²) in [5.74, 6) is -3.78. The molecule has 0 saturated carbocycles. The van der Waals surface area contributed by atoms with Crippen molar-refractivity contribution in [3.05, 3.63) is 112 Å². The smallest absolute Gasteiger partial charge is 0.264 e. The molecule has 0 radical (unpaired) electrons.